The molecule has 30 heavy (non-hydrogen) atoms. The Bertz CT molecular complexity index is 642. The summed E-state index contributed by atoms with van der Waals surface area (Å²) in [5, 5.41) is 6.88. The molecule has 8 heteroatoms. The maximum absolute atomic E-state index is 5.93. The van der Waals surface area contributed by atoms with Crippen LogP contribution in [0.4, 0.5) is 0 Å². The first-order chi connectivity index (χ1) is 13.9. The van der Waals surface area contributed by atoms with Crippen molar-refractivity contribution >= 4 is 29.9 Å². The van der Waals surface area contributed by atoms with Crippen LogP contribution in [-0.2, 0) is 4.74 Å². The van der Waals surface area contributed by atoms with Gasteiger partial charge in [0.05, 0.1) is 25.9 Å². The predicted octanol–water partition coefficient (Wildman–Crippen LogP) is 2.44. The second-order valence-electron chi connectivity index (χ2n) is 8.24. The molecule has 0 saturated carbocycles. The second-order valence-corrected chi connectivity index (χ2v) is 8.24. The number of methoxy groups -OCH3 is 1. The van der Waals surface area contributed by atoms with E-state index in [1.54, 1.807) is 14.2 Å². The molecular weight excluding hydrogens is 493 g/mol. The van der Waals surface area contributed by atoms with Crippen molar-refractivity contribution in [3.8, 4) is 5.75 Å². The van der Waals surface area contributed by atoms with Crippen LogP contribution in [0.25, 0.3) is 0 Å². The fourth-order valence-corrected chi connectivity index (χ4v) is 3.66. The van der Waals surface area contributed by atoms with Gasteiger partial charge in [-0.1, -0.05) is 26.0 Å². The summed E-state index contributed by atoms with van der Waals surface area (Å²) < 4.78 is 11.3. The summed E-state index contributed by atoms with van der Waals surface area (Å²) in [4.78, 5) is 9.07. The normalized spacial score (nSPS) is 18.8. The summed E-state index contributed by atoms with van der Waals surface area (Å²) in [6, 6.07) is 8.42. The molecule has 1 heterocycles. The van der Waals surface area contributed by atoms with Crippen LogP contribution < -0.4 is 15.4 Å². The van der Waals surface area contributed by atoms with Gasteiger partial charge in [0.2, 0.25) is 0 Å². The van der Waals surface area contributed by atoms with E-state index in [1.165, 1.54) is 5.56 Å². The summed E-state index contributed by atoms with van der Waals surface area (Å²) in [5.41, 5.74) is 1.21. The third kappa shape index (κ3) is 8.95. The first kappa shape index (κ1) is 26.9. The molecule has 0 bridgehead atoms. The van der Waals surface area contributed by atoms with Crippen molar-refractivity contribution in [1.29, 1.82) is 0 Å². The topological polar surface area (TPSA) is 61.4 Å². The van der Waals surface area contributed by atoms with E-state index in [0.29, 0.717) is 5.92 Å². The Balaban J connectivity index is 0.00000450. The van der Waals surface area contributed by atoms with Crippen LogP contribution in [0.1, 0.15) is 25.5 Å². The molecule has 0 aliphatic carbocycles. The quantitative estimate of drug-likeness (QED) is 0.289. The van der Waals surface area contributed by atoms with Gasteiger partial charge in [-0.25, -0.2) is 0 Å². The monoisotopic (exact) mass is 533 g/mol. The van der Waals surface area contributed by atoms with Gasteiger partial charge in [-0.05, 0) is 37.7 Å². The van der Waals surface area contributed by atoms with Crippen LogP contribution in [0, 0.1) is 5.92 Å². The Morgan fingerprint density at radius 1 is 1.33 bits per heavy atom. The Hall–Kier alpha value is -1.10. The Morgan fingerprint density at radius 3 is 2.73 bits per heavy atom. The van der Waals surface area contributed by atoms with Gasteiger partial charge in [-0.2, -0.15) is 0 Å². The molecule has 0 amide bonds. The standard InChI is InChI=1S/C22H39N5O2.HI/c1-17(2)15-27-10-11-29-20(16-27)13-24-22(23-3)25-14-21(26(4)5)18-8-7-9-19(12-18)28-6;/h7-9,12,17,20-21H,10-11,13-16H2,1-6H3,(H2,23,24,25);1H. The van der Waals surface area contributed by atoms with Gasteiger partial charge in [0.1, 0.15) is 5.75 Å². The molecule has 1 aromatic rings. The van der Waals surface area contributed by atoms with Crippen molar-refractivity contribution in [3.63, 3.8) is 0 Å². The maximum Gasteiger partial charge on any atom is 0.191 e. The minimum atomic E-state index is 0. The zero-order chi connectivity index (χ0) is 21.2. The summed E-state index contributed by atoms with van der Waals surface area (Å²) in [7, 11) is 7.67. The fraction of sp³-hybridized carbons (Fsp3) is 0.682. The van der Waals surface area contributed by atoms with E-state index >= 15 is 0 Å². The Kier molecular flexibility index (Phi) is 12.6. The summed E-state index contributed by atoms with van der Waals surface area (Å²) in [5.74, 6) is 2.34. The second kappa shape index (κ2) is 14.1. The van der Waals surface area contributed by atoms with Crippen LogP contribution in [0.3, 0.4) is 0 Å². The van der Waals surface area contributed by atoms with Gasteiger partial charge in [0.25, 0.3) is 0 Å². The van der Waals surface area contributed by atoms with E-state index in [1.807, 2.05) is 12.1 Å². The molecule has 1 aliphatic heterocycles. The van der Waals surface area contributed by atoms with Crippen LogP contribution in [-0.4, -0.2) is 89.4 Å². The van der Waals surface area contributed by atoms with Crippen LogP contribution in [0.5, 0.6) is 5.75 Å². The third-order valence-electron chi connectivity index (χ3n) is 5.13. The molecule has 0 aromatic heterocycles. The van der Waals surface area contributed by atoms with Gasteiger partial charge in [-0.15, -0.1) is 24.0 Å². The van der Waals surface area contributed by atoms with E-state index in [4.69, 9.17) is 9.47 Å². The number of halogens is 1. The number of likely N-dealkylation sites (N-methyl/N-ethyl adjacent to an activating group) is 1. The molecule has 2 rings (SSSR count). The molecule has 0 radical (unpaired) electrons. The number of morpholine rings is 1. The largest absolute Gasteiger partial charge is 0.497 e. The fourth-order valence-electron chi connectivity index (χ4n) is 3.66. The number of aliphatic imine (C=N–C) groups is 1. The zero-order valence-electron chi connectivity index (χ0n) is 19.4. The lowest BCUT2D eigenvalue weighted by atomic mass is 10.1. The highest BCUT2D eigenvalue weighted by atomic mass is 127. The number of rotatable bonds is 9. The summed E-state index contributed by atoms with van der Waals surface area (Å²) >= 11 is 0. The minimum absolute atomic E-state index is 0. The van der Waals surface area contributed by atoms with Crippen molar-refractivity contribution in [2.45, 2.75) is 26.0 Å². The first-order valence-corrected chi connectivity index (χ1v) is 10.5. The number of nitrogens with zero attached hydrogens (tertiary/aromatic N) is 3. The molecule has 7 nitrogen and oxygen atoms in total. The van der Waals surface area contributed by atoms with E-state index in [9.17, 15) is 0 Å². The van der Waals surface area contributed by atoms with Gasteiger partial charge < -0.3 is 25.0 Å². The summed E-state index contributed by atoms with van der Waals surface area (Å²) in [6.07, 6.45) is 0.184. The Labute approximate surface area is 199 Å². The van der Waals surface area contributed by atoms with E-state index < -0.39 is 0 Å². The van der Waals surface area contributed by atoms with Crippen molar-refractivity contribution in [3.05, 3.63) is 29.8 Å². The molecular formula is C22H40IN5O2. The summed E-state index contributed by atoms with van der Waals surface area (Å²) in [6.45, 7) is 9.92. The lowest BCUT2D eigenvalue weighted by Gasteiger charge is -2.34. The number of guanidine groups is 1. The molecule has 2 N–H and O–H groups in total. The minimum Gasteiger partial charge on any atom is -0.497 e. The predicted molar refractivity (Wildman–Crippen MR) is 135 cm³/mol. The highest BCUT2D eigenvalue weighted by Gasteiger charge is 2.21. The SMILES string of the molecule is CN=C(NCC1CN(CC(C)C)CCO1)NCC(c1cccc(OC)c1)N(C)C.I. The zero-order valence-corrected chi connectivity index (χ0v) is 21.7. The maximum atomic E-state index is 5.93. The van der Waals surface area contributed by atoms with Crippen LogP contribution in [0.15, 0.2) is 29.3 Å². The number of nitrogens with one attached hydrogen (secondary N) is 2. The number of ether oxygens (including phenoxy) is 2. The molecule has 2 atom stereocenters. The van der Waals surface area contributed by atoms with Gasteiger partial charge in [0, 0.05) is 39.8 Å². The average molecular weight is 533 g/mol. The molecule has 172 valence electrons. The molecule has 2 unspecified atom stereocenters. The van der Waals surface area contributed by atoms with Crippen LogP contribution in [0.2, 0.25) is 0 Å². The van der Waals surface area contributed by atoms with E-state index in [-0.39, 0.29) is 36.1 Å². The molecule has 0 spiro atoms. The van der Waals surface area contributed by atoms with E-state index in [0.717, 1.165) is 51.0 Å². The molecule has 1 aliphatic rings. The lowest BCUT2D eigenvalue weighted by molar-refractivity contribution is -0.0284. The first-order valence-electron chi connectivity index (χ1n) is 10.5. The van der Waals surface area contributed by atoms with Crippen molar-refractivity contribution in [1.82, 2.24) is 20.4 Å². The van der Waals surface area contributed by atoms with Crippen molar-refractivity contribution in [2.24, 2.45) is 10.9 Å². The highest BCUT2D eigenvalue weighted by Crippen LogP contribution is 2.22. The third-order valence-corrected chi connectivity index (χ3v) is 5.13. The molecule has 1 aromatic carbocycles. The lowest BCUT2D eigenvalue weighted by Crippen LogP contribution is -2.50. The molecule has 1 saturated heterocycles. The van der Waals surface area contributed by atoms with Gasteiger partial charge in [-0.3, -0.25) is 9.89 Å². The van der Waals surface area contributed by atoms with Gasteiger partial charge >= 0.3 is 0 Å². The van der Waals surface area contributed by atoms with Gasteiger partial charge in [0.15, 0.2) is 5.96 Å². The van der Waals surface area contributed by atoms with Crippen LogP contribution >= 0.6 is 24.0 Å². The van der Waals surface area contributed by atoms with E-state index in [2.05, 4.69) is 65.5 Å². The molecule has 1 fully saturated rings. The Morgan fingerprint density at radius 2 is 2.10 bits per heavy atom. The highest BCUT2D eigenvalue weighted by molar-refractivity contribution is 14.0. The van der Waals surface area contributed by atoms with Crippen molar-refractivity contribution in [2.75, 3.05) is 67.6 Å². The smallest absolute Gasteiger partial charge is 0.191 e. The number of hydrogen-bond acceptors (Lipinski definition) is 5. The average Bonchev–Trinajstić information content (AvgIpc) is 2.70. The number of hydrogen-bond donors (Lipinski definition) is 2. The van der Waals surface area contributed by atoms with Crippen molar-refractivity contribution < 1.29 is 9.47 Å². The number of benzene rings is 1.